The Bertz CT molecular complexity index is 373. The number of aromatic nitrogens is 1. The summed E-state index contributed by atoms with van der Waals surface area (Å²) in [6.07, 6.45) is 0. The molecule has 1 aliphatic rings. The third kappa shape index (κ3) is 7.36. The van der Waals surface area contributed by atoms with Crippen LogP contribution in [0.2, 0.25) is 0 Å². The molecule has 0 saturated heterocycles. The quantitative estimate of drug-likeness (QED) is 0.657. The van der Waals surface area contributed by atoms with Gasteiger partial charge in [-0.05, 0) is 26.2 Å². The van der Waals surface area contributed by atoms with Crippen LogP contribution in [-0.2, 0) is 39.6 Å². The second kappa shape index (κ2) is 10.3. The third-order valence-corrected chi connectivity index (χ3v) is 3.33. The van der Waals surface area contributed by atoms with Gasteiger partial charge in [-0.15, -0.1) is 0 Å². The number of pyridine rings is 1. The van der Waals surface area contributed by atoms with Crippen LogP contribution in [0.1, 0.15) is 11.4 Å². The molecule has 0 aliphatic carbocycles. The Morgan fingerprint density at radius 2 is 1.33 bits per heavy atom. The van der Waals surface area contributed by atoms with Crippen LogP contribution in [-0.4, -0.2) is 68.4 Å². The molecule has 21 heavy (non-hydrogen) atoms. The molecule has 2 bridgehead atoms. The van der Waals surface area contributed by atoms with Crippen molar-refractivity contribution in [2.45, 2.75) is 13.1 Å². The maximum absolute atomic E-state index is 5.56. The summed E-state index contributed by atoms with van der Waals surface area (Å²) >= 11 is 0. The van der Waals surface area contributed by atoms with Crippen molar-refractivity contribution in [2.75, 3.05) is 53.6 Å². The van der Waals surface area contributed by atoms with Crippen molar-refractivity contribution in [2.24, 2.45) is 0 Å². The van der Waals surface area contributed by atoms with Gasteiger partial charge in [0.15, 0.2) is 0 Å². The molecule has 0 atom stereocenters. The molecule has 1 radical (unpaired) electrons. The summed E-state index contributed by atoms with van der Waals surface area (Å²) in [6.45, 7) is 6.35. The first kappa shape index (κ1) is 18.6. The molecule has 1 aromatic rings. The van der Waals surface area contributed by atoms with Gasteiger partial charge in [-0.3, -0.25) is 14.8 Å². The zero-order valence-corrected chi connectivity index (χ0v) is 13.8. The summed E-state index contributed by atoms with van der Waals surface area (Å²) in [5.41, 5.74) is 2.23. The first-order chi connectivity index (χ1) is 9.74. The third-order valence-electron chi connectivity index (χ3n) is 3.33. The molecule has 1 aromatic heterocycles. The van der Waals surface area contributed by atoms with E-state index in [0.717, 1.165) is 50.8 Å². The van der Waals surface area contributed by atoms with Crippen LogP contribution in [0.5, 0.6) is 0 Å². The van der Waals surface area contributed by atoms with E-state index in [1.807, 2.05) is 0 Å². The SMILES string of the molecule is CN1CCOCCOCCN(C)Cc2cccc(n2)C1.[Cu+2]. The monoisotopic (exact) mass is 342 g/mol. The second-order valence-electron chi connectivity index (χ2n) is 5.32. The van der Waals surface area contributed by atoms with Gasteiger partial charge in [0.25, 0.3) is 0 Å². The fourth-order valence-corrected chi connectivity index (χ4v) is 2.18. The summed E-state index contributed by atoms with van der Waals surface area (Å²) in [5.74, 6) is 0. The Balaban J connectivity index is 0.00000220. The standard InChI is InChI=1S/C15H25N3O2.Cu/c1-17-6-8-19-10-11-20-9-7-18(2)13-15-5-3-4-14(12-17)16-15;/h3-5H,6-13H2,1-2H3;/q;+2. The Morgan fingerprint density at radius 1 is 0.857 bits per heavy atom. The molecule has 5 nitrogen and oxygen atoms in total. The predicted octanol–water partition coefficient (Wildman–Crippen LogP) is 0.989. The van der Waals surface area contributed by atoms with Gasteiger partial charge < -0.3 is 9.47 Å². The molecule has 0 N–H and O–H groups in total. The average molecular weight is 343 g/mol. The fraction of sp³-hybridized carbons (Fsp3) is 0.667. The van der Waals surface area contributed by atoms with E-state index in [9.17, 15) is 0 Å². The summed E-state index contributed by atoms with van der Waals surface area (Å²) in [7, 11) is 4.19. The summed E-state index contributed by atoms with van der Waals surface area (Å²) in [5, 5.41) is 0. The molecule has 0 spiro atoms. The zero-order chi connectivity index (χ0) is 14.2. The zero-order valence-electron chi connectivity index (χ0n) is 12.8. The van der Waals surface area contributed by atoms with Crippen LogP contribution >= 0.6 is 0 Å². The molecule has 0 saturated carbocycles. The Hall–Kier alpha value is -0.491. The average Bonchev–Trinajstić information content (AvgIpc) is 2.41. The molecule has 0 amide bonds. The Kier molecular flexibility index (Phi) is 9.08. The molecular formula is C15H25CuN3O2+2. The number of hydrogen-bond acceptors (Lipinski definition) is 5. The van der Waals surface area contributed by atoms with Crippen molar-refractivity contribution in [3.8, 4) is 0 Å². The van der Waals surface area contributed by atoms with E-state index in [1.165, 1.54) is 0 Å². The van der Waals surface area contributed by atoms with Crippen LogP contribution in [0.15, 0.2) is 18.2 Å². The number of ether oxygens (including phenoxy) is 2. The van der Waals surface area contributed by atoms with E-state index in [4.69, 9.17) is 14.5 Å². The fourth-order valence-electron chi connectivity index (χ4n) is 2.18. The predicted molar refractivity (Wildman–Crippen MR) is 78.5 cm³/mol. The largest absolute Gasteiger partial charge is 2.00 e. The van der Waals surface area contributed by atoms with E-state index in [-0.39, 0.29) is 17.1 Å². The Labute approximate surface area is 138 Å². The van der Waals surface area contributed by atoms with Gasteiger partial charge in [-0.1, -0.05) is 6.07 Å². The second-order valence-corrected chi connectivity index (χ2v) is 5.32. The van der Waals surface area contributed by atoms with Crippen LogP contribution in [0.3, 0.4) is 0 Å². The topological polar surface area (TPSA) is 37.8 Å². The van der Waals surface area contributed by atoms with E-state index < -0.39 is 0 Å². The van der Waals surface area contributed by atoms with Gasteiger partial charge >= 0.3 is 17.1 Å². The van der Waals surface area contributed by atoms with Gasteiger partial charge in [-0.25, -0.2) is 0 Å². The van der Waals surface area contributed by atoms with Crippen molar-refractivity contribution >= 4 is 0 Å². The maximum atomic E-state index is 5.56. The van der Waals surface area contributed by atoms with Crippen molar-refractivity contribution < 1.29 is 26.5 Å². The van der Waals surface area contributed by atoms with E-state index in [0.29, 0.717) is 13.2 Å². The van der Waals surface area contributed by atoms with Gasteiger partial charge in [0, 0.05) is 26.2 Å². The van der Waals surface area contributed by atoms with Crippen molar-refractivity contribution in [3.63, 3.8) is 0 Å². The number of likely N-dealkylation sites (N-methyl/N-ethyl adjacent to an activating group) is 2. The number of hydrogen-bond donors (Lipinski definition) is 0. The molecule has 121 valence electrons. The van der Waals surface area contributed by atoms with Crippen LogP contribution in [0, 0.1) is 0 Å². The molecular weight excluding hydrogens is 318 g/mol. The molecule has 0 aromatic carbocycles. The van der Waals surface area contributed by atoms with Gasteiger partial charge in [-0.2, -0.15) is 0 Å². The number of nitrogens with zero attached hydrogens (tertiary/aromatic N) is 3. The molecule has 0 unspecified atom stereocenters. The van der Waals surface area contributed by atoms with E-state index in [2.05, 4.69) is 42.1 Å². The smallest absolute Gasteiger partial charge is 0.378 e. The molecule has 0 fully saturated rings. The number of rotatable bonds is 0. The molecule has 1 aliphatic heterocycles. The van der Waals surface area contributed by atoms with Gasteiger partial charge in [0.05, 0.1) is 37.8 Å². The molecule has 2 heterocycles. The molecule has 6 heteroatoms. The van der Waals surface area contributed by atoms with Crippen molar-refractivity contribution in [1.82, 2.24) is 14.8 Å². The van der Waals surface area contributed by atoms with Gasteiger partial charge in [0.1, 0.15) is 0 Å². The number of fused-ring (bicyclic) bond motifs is 2. The van der Waals surface area contributed by atoms with Gasteiger partial charge in [0.2, 0.25) is 0 Å². The van der Waals surface area contributed by atoms with E-state index in [1.54, 1.807) is 0 Å². The molecule has 2 rings (SSSR count). The minimum Gasteiger partial charge on any atom is -0.378 e. The maximum Gasteiger partial charge on any atom is 2.00 e. The van der Waals surface area contributed by atoms with Crippen LogP contribution in [0.4, 0.5) is 0 Å². The van der Waals surface area contributed by atoms with Crippen LogP contribution < -0.4 is 0 Å². The van der Waals surface area contributed by atoms with Crippen LogP contribution in [0.25, 0.3) is 0 Å². The summed E-state index contributed by atoms with van der Waals surface area (Å²) in [6, 6.07) is 6.26. The normalized spacial score (nSPS) is 20.1. The van der Waals surface area contributed by atoms with Crippen molar-refractivity contribution in [1.29, 1.82) is 0 Å². The van der Waals surface area contributed by atoms with E-state index >= 15 is 0 Å². The van der Waals surface area contributed by atoms with Crippen molar-refractivity contribution in [3.05, 3.63) is 29.6 Å². The summed E-state index contributed by atoms with van der Waals surface area (Å²) < 4.78 is 11.1. The minimum absolute atomic E-state index is 0. The first-order valence-corrected chi connectivity index (χ1v) is 7.21. The first-order valence-electron chi connectivity index (χ1n) is 7.21. The summed E-state index contributed by atoms with van der Waals surface area (Å²) in [4.78, 5) is 9.18. The Morgan fingerprint density at radius 3 is 1.81 bits per heavy atom. The minimum atomic E-state index is 0.